The minimum Gasteiger partial charge on any atom is -0.444 e. The predicted octanol–water partition coefficient (Wildman–Crippen LogP) is 4.31. The molecule has 0 radical (unpaired) electrons. The number of piperidine rings is 1. The summed E-state index contributed by atoms with van der Waals surface area (Å²) in [5, 5.41) is 0. The molecule has 7 heteroatoms. The third kappa shape index (κ3) is 4.23. The largest absolute Gasteiger partial charge is 0.444 e. The van der Waals surface area contributed by atoms with Crippen molar-refractivity contribution in [1.82, 2.24) is 9.80 Å². The third-order valence-electron chi connectivity index (χ3n) is 5.50. The van der Waals surface area contributed by atoms with Crippen molar-refractivity contribution >= 4 is 6.09 Å². The monoisotopic (exact) mass is 384 g/mol. The number of hydrogen-bond donors (Lipinski definition) is 0. The fourth-order valence-corrected chi connectivity index (χ4v) is 4.20. The molecule has 2 saturated heterocycles. The molecule has 2 fully saturated rings. The number of fused-ring (bicyclic) bond motifs is 1. The first-order valence-corrected chi connectivity index (χ1v) is 9.31. The van der Waals surface area contributed by atoms with Crippen LogP contribution in [0.5, 0.6) is 0 Å². The molecule has 2 aliphatic rings. The van der Waals surface area contributed by atoms with Gasteiger partial charge >= 0.3 is 12.3 Å². The molecule has 2 heterocycles. The second-order valence-corrected chi connectivity index (χ2v) is 8.68. The van der Waals surface area contributed by atoms with E-state index in [0.29, 0.717) is 13.1 Å². The Morgan fingerprint density at radius 1 is 1.19 bits per heavy atom. The normalized spacial score (nSPS) is 26.7. The second-order valence-electron chi connectivity index (χ2n) is 8.68. The predicted molar refractivity (Wildman–Crippen MR) is 96.1 cm³/mol. The van der Waals surface area contributed by atoms with E-state index in [1.807, 2.05) is 35.2 Å². The van der Waals surface area contributed by atoms with Crippen molar-refractivity contribution in [1.29, 1.82) is 0 Å². The lowest BCUT2D eigenvalue weighted by Crippen LogP contribution is -2.55. The Hall–Kier alpha value is -1.76. The van der Waals surface area contributed by atoms with Gasteiger partial charge in [-0.2, -0.15) is 13.2 Å². The van der Waals surface area contributed by atoms with Crippen LogP contribution in [-0.4, -0.2) is 53.8 Å². The van der Waals surface area contributed by atoms with E-state index in [9.17, 15) is 18.0 Å². The molecule has 0 saturated carbocycles. The van der Waals surface area contributed by atoms with Gasteiger partial charge in [0.15, 0.2) is 0 Å². The second kappa shape index (κ2) is 7.00. The van der Waals surface area contributed by atoms with Crippen molar-refractivity contribution in [3.63, 3.8) is 0 Å². The number of halogens is 3. The van der Waals surface area contributed by atoms with Gasteiger partial charge in [0.2, 0.25) is 0 Å². The summed E-state index contributed by atoms with van der Waals surface area (Å²) < 4.78 is 47.5. The van der Waals surface area contributed by atoms with Crippen LogP contribution in [0.1, 0.15) is 32.8 Å². The summed E-state index contributed by atoms with van der Waals surface area (Å²) in [7, 11) is 0. The number of hydrogen-bond acceptors (Lipinski definition) is 3. The minimum absolute atomic E-state index is 0.0157. The summed E-state index contributed by atoms with van der Waals surface area (Å²) >= 11 is 0. The number of rotatable bonds is 2. The number of likely N-dealkylation sites (tertiary alicyclic amines) is 2. The van der Waals surface area contributed by atoms with Crippen LogP contribution in [0.25, 0.3) is 0 Å². The molecular weight excluding hydrogens is 357 g/mol. The molecule has 0 aromatic heterocycles. The maximum Gasteiger partial charge on any atom is 0.410 e. The van der Waals surface area contributed by atoms with E-state index in [4.69, 9.17) is 4.74 Å². The maximum absolute atomic E-state index is 14.0. The van der Waals surface area contributed by atoms with Crippen LogP contribution in [0.2, 0.25) is 0 Å². The SMILES string of the molecule is CC(C)(C)OC(=O)N1CC[C@@]2(C(F)(F)F)CN(Cc3ccccc3)C[C@H]2C1. The Morgan fingerprint density at radius 2 is 1.85 bits per heavy atom. The first-order valence-electron chi connectivity index (χ1n) is 9.31. The molecule has 3 rings (SSSR count). The van der Waals surface area contributed by atoms with Crippen molar-refractivity contribution in [2.24, 2.45) is 11.3 Å². The molecule has 1 amide bonds. The summed E-state index contributed by atoms with van der Waals surface area (Å²) in [6.45, 7) is 6.22. The maximum atomic E-state index is 14.0. The summed E-state index contributed by atoms with van der Waals surface area (Å²) in [5.74, 6) is -0.637. The van der Waals surface area contributed by atoms with Gasteiger partial charge in [-0.1, -0.05) is 30.3 Å². The molecule has 0 spiro atoms. The summed E-state index contributed by atoms with van der Waals surface area (Å²) in [6.07, 6.45) is -4.89. The number of alkyl halides is 3. The molecule has 150 valence electrons. The Bertz CT molecular complexity index is 672. The van der Waals surface area contributed by atoms with Gasteiger partial charge in [0.1, 0.15) is 5.60 Å². The van der Waals surface area contributed by atoms with Gasteiger partial charge in [-0.3, -0.25) is 4.90 Å². The van der Waals surface area contributed by atoms with Crippen LogP contribution in [0.4, 0.5) is 18.0 Å². The van der Waals surface area contributed by atoms with E-state index in [1.54, 1.807) is 20.8 Å². The highest BCUT2D eigenvalue weighted by molar-refractivity contribution is 5.68. The lowest BCUT2D eigenvalue weighted by molar-refractivity contribution is -0.244. The average Bonchev–Trinajstić information content (AvgIpc) is 2.92. The number of benzene rings is 1. The van der Waals surface area contributed by atoms with Crippen molar-refractivity contribution in [3.8, 4) is 0 Å². The third-order valence-corrected chi connectivity index (χ3v) is 5.50. The number of carbonyl (C=O) groups is 1. The standard InChI is InChI=1S/C20H27F3N2O2/c1-18(2,3)27-17(26)25-10-9-19(20(21,22)23)14-24(12-16(19)13-25)11-15-7-5-4-6-8-15/h4-8,16H,9-14H2,1-3H3/t16-,19+/m0/s1. The molecule has 0 aliphatic carbocycles. The number of ether oxygens (including phenoxy) is 1. The average molecular weight is 384 g/mol. The molecule has 2 aliphatic heterocycles. The Balaban J connectivity index is 1.75. The van der Waals surface area contributed by atoms with Crippen LogP contribution >= 0.6 is 0 Å². The van der Waals surface area contributed by atoms with Gasteiger partial charge < -0.3 is 9.64 Å². The van der Waals surface area contributed by atoms with Crippen LogP contribution < -0.4 is 0 Å². The van der Waals surface area contributed by atoms with E-state index in [-0.39, 0.29) is 26.1 Å². The fraction of sp³-hybridized carbons (Fsp3) is 0.650. The number of amides is 1. The van der Waals surface area contributed by atoms with Crippen molar-refractivity contribution in [2.75, 3.05) is 26.2 Å². The van der Waals surface area contributed by atoms with Crippen molar-refractivity contribution in [2.45, 2.75) is 45.5 Å². The molecular formula is C20H27F3N2O2. The molecule has 1 aromatic carbocycles. The van der Waals surface area contributed by atoms with Gasteiger partial charge in [0.25, 0.3) is 0 Å². The molecule has 2 atom stereocenters. The Kier molecular flexibility index (Phi) is 5.18. The van der Waals surface area contributed by atoms with Crippen LogP contribution in [0.3, 0.4) is 0 Å². The summed E-state index contributed by atoms with van der Waals surface area (Å²) in [5.41, 5.74) is -1.41. The van der Waals surface area contributed by atoms with E-state index < -0.39 is 29.2 Å². The Morgan fingerprint density at radius 3 is 2.44 bits per heavy atom. The van der Waals surface area contributed by atoms with Gasteiger partial charge in [0.05, 0.1) is 5.41 Å². The number of nitrogens with zero attached hydrogens (tertiary/aromatic N) is 2. The summed E-state index contributed by atoms with van der Waals surface area (Å²) in [6, 6.07) is 9.53. The highest BCUT2D eigenvalue weighted by Crippen LogP contribution is 2.53. The number of carbonyl (C=O) groups excluding carboxylic acids is 1. The first-order chi connectivity index (χ1) is 12.5. The molecule has 0 bridgehead atoms. The van der Waals surface area contributed by atoms with Gasteiger partial charge in [-0.25, -0.2) is 4.79 Å². The quantitative estimate of drug-likeness (QED) is 0.762. The molecule has 0 N–H and O–H groups in total. The zero-order valence-electron chi connectivity index (χ0n) is 16.1. The smallest absolute Gasteiger partial charge is 0.410 e. The van der Waals surface area contributed by atoms with Crippen LogP contribution in [0, 0.1) is 11.3 Å². The van der Waals surface area contributed by atoms with E-state index in [2.05, 4.69) is 0 Å². The molecule has 4 nitrogen and oxygen atoms in total. The summed E-state index contributed by atoms with van der Waals surface area (Å²) in [4.78, 5) is 15.6. The zero-order chi connectivity index (χ0) is 19.9. The van der Waals surface area contributed by atoms with Gasteiger partial charge in [-0.05, 0) is 32.8 Å². The highest BCUT2D eigenvalue weighted by atomic mass is 19.4. The first kappa shape index (κ1) is 20.0. The van der Waals surface area contributed by atoms with E-state index in [1.165, 1.54) is 4.90 Å². The minimum atomic E-state index is -4.29. The van der Waals surface area contributed by atoms with Gasteiger partial charge in [0, 0.05) is 38.6 Å². The fourth-order valence-electron chi connectivity index (χ4n) is 4.20. The van der Waals surface area contributed by atoms with Crippen molar-refractivity contribution in [3.05, 3.63) is 35.9 Å². The molecule has 0 unspecified atom stereocenters. The van der Waals surface area contributed by atoms with Crippen LogP contribution in [-0.2, 0) is 11.3 Å². The zero-order valence-corrected chi connectivity index (χ0v) is 16.1. The van der Waals surface area contributed by atoms with E-state index in [0.717, 1.165) is 5.56 Å². The van der Waals surface area contributed by atoms with Gasteiger partial charge in [-0.15, -0.1) is 0 Å². The topological polar surface area (TPSA) is 32.8 Å². The van der Waals surface area contributed by atoms with Crippen LogP contribution in [0.15, 0.2) is 30.3 Å². The Labute approximate surface area is 158 Å². The molecule has 27 heavy (non-hydrogen) atoms. The highest BCUT2D eigenvalue weighted by Gasteiger charge is 2.64. The lowest BCUT2D eigenvalue weighted by atomic mass is 9.72. The molecule has 1 aromatic rings. The lowest BCUT2D eigenvalue weighted by Gasteiger charge is -2.44. The van der Waals surface area contributed by atoms with E-state index >= 15 is 0 Å². The van der Waals surface area contributed by atoms with Crippen molar-refractivity contribution < 1.29 is 22.7 Å².